The summed E-state index contributed by atoms with van der Waals surface area (Å²) in [7, 11) is 0. The average Bonchev–Trinajstić information content (AvgIpc) is 2.27. The number of Topliss-reactive ketones (excluding diaryl/α,β-unsaturated/α-hetero) is 1. The van der Waals surface area contributed by atoms with Gasteiger partial charge in [-0.1, -0.05) is 6.08 Å². The van der Waals surface area contributed by atoms with Gasteiger partial charge in [0.1, 0.15) is 5.82 Å². The lowest BCUT2D eigenvalue weighted by atomic mass is 10.0. The van der Waals surface area contributed by atoms with Crippen LogP contribution in [0.25, 0.3) is 0 Å². The molecule has 0 aliphatic carbocycles. The summed E-state index contributed by atoms with van der Waals surface area (Å²) < 4.78 is 0. The molecule has 1 aromatic heterocycles. The maximum Gasteiger partial charge on any atom is 0.224 e. The first-order valence-corrected chi connectivity index (χ1v) is 5.92. The van der Waals surface area contributed by atoms with Crippen molar-refractivity contribution in [3.05, 3.63) is 28.8 Å². The van der Waals surface area contributed by atoms with Gasteiger partial charge in [-0.15, -0.1) is 0 Å². The molecule has 1 aromatic rings. The molecule has 0 atom stereocenters. The van der Waals surface area contributed by atoms with E-state index in [0.717, 1.165) is 11.4 Å². The van der Waals surface area contributed by atoms with Crippen molar-refractivity contribution in [2.75, 3.05) is 4.90 Å². The Balaban J connectivity index is 2.61. The van der Waals surface area contributed by atoms with Crippen molar-refractivity contribution in [1.82, 2.24) is 9.97 Å². The minimum absolute atomic E-state index is 0.0969. The lowest BCUT2D eigenvalue weighted by molar-refractivity contribution is -0.115. The SMILES string of the molecule is CC=C1C(=O)Cc2cnc(Cl)nc2N1C(C)C. The highest BCUT2D eigenvalue weighted by Crippen LogP contribution is 2.31. The van der Waals surface area contributed by atoms with Gasteiger partial charge in [0.25, 0.3) is 0 Å². The first kappa shape index (κ1) is 12.0. The number of hydrogen-bond donors (Lipinski definition) is 0. The van der Waals surface area contributed by atoms with Crippen LogP contribution >= 0.6 is 11.6 Å². The van der Waals surface area contributed by atoms with Gasteiger partial charge in [-0.25, -0.2) is 4.98 Å². The van der Waals surface area contributed by atoms with Crippen molar-refractivity contribution >= 4 is 23.2 Å². The van der Waals surface area contributed by atoms with E-state index in [2.05, 4.69) is 9.97 Å². The molecule has 0 fully saturated rings. The minimum atomic E-state index is 0.0969. The predicted molar refractivity (Wildman–Crippen MR) is 67.1 cm³/mol. The zero-order chi connectivity index (χ0) is 12.6. The van der Waals surface area contributed by atoms with E-state index >= 15 is 0 Å². The second-order valence-electron chi connectivity index (χ2n) is 4.23. The standard InChI is InChI=1S/C12H14ClN3O/c1-4-9-10(17)5-8-6-14-12(13)15-11(8)16(9)7(2)3/h4,6-7H,5H2,1-3H3. The van der Waals surface area contributed by atoms with Crippen molar-refractivity contribution in [2.24, 2.45) is 0 Å². The van der Waals surface area contributed by atoms with Crippen LogP contribution in [0.3, 0.4) is 0 Å². The largest absolute Gasteiger partial charge is 0.321 e. The van der Waals surface area contributed by atoms with Crippen LogP contribution in [-0.4, -0.2) is 21.8 Å². The summed E-state index contributed by atoms with van der Waals surface area (Å²) in [6, 6.07) is 0.148. The molecule has 0 saturated heterocycles. The molecular formula is C12H14ClN3O. The van der Waals surface area contributed by atoms with Gasteiger partial charge < -0.3 is 4.90 Å². The van der Waals surface area contributed by atoms with Gasteiger partial charge in [0.05, 0.1) is 5.70 Å². The number of carbonyl (C=O) groups is 1. The third-order valence-corrected chi connectivity index (χ3v) is 2.91. The number of nitrogens with zero attached hydrogens (tertiary/aromatic N) is 3. The molecule has 2 rings (SSSR count). The van der Waals surface area contributed by atoms with Gasteiger partial charge in [0.2, 0.25) is 5.28 Å². The number of fused-ring (bicyclic) bond motifs is 1. The normalized spacial score (nSPS) is 17.8. The van der Waals surface area contributed by atoms with E-state index in [9.17, 15) is 4.79 Å². The first-order chi connectivity index (χ1) is 8.04. The van der Waals surface area contributed by atoms with Gasteiger partial charge >= 0.3 is 0 Å². The Morgan fingerprint density at radius 2 is 2.24 bits per heavy atom. The maximum absolute atomic E-state index is 12.0. The first-order valence-electron chi connectivity index (χ1n) is 5.54. The van der Waals surface area contributed by atoms with Gasteiger partial charge in [-0.05, 0) is 32.4 Å². The molecule has 0 bridgehead atoms. The molecule has 0 amide bonds. The maximum atomic E-state index is 12.0. The van der Waals surface area contributed by atoms with Gasteiger partial charge in [-0.3, -0.25) is 4.79 Å². The summed E-state index contributed by atoms with van der Waals surface area (Å²) in [6.45, 7) is 5.89. The Hall–Kier alpha value is -1.42. The second kappa shape index (κ2) is 4.45. The number of anilines is 1. The predicted octanol–water partition coefficient (Wildman–Crippen LogP) is 2.37. The van der Waals surface area contributed by atoms with E-state index in [4.69, 9.17) is 11.6 Å². The van der Waals surface area contributed by atoms with E-state index in [1.165, 1.54) is 0 Å². The number of ketones is 1. The van der Waals surface area contributed by atoms with Gasteiger partial charge in [0, 0.05) is 24.2 Å². The molecule has 0 radical (unpaired) electrons. The topological polar surface area (TPSA) is 46.1 Å². The van der Waals surface area contributed by atoms with E-state index in [-0.39, 0.29) is 17.1 Å². The summed E-state index contributed by atoms with van der Waals surface area (Å²) in [5.41, 5.74) is 1.51. The Labute approximate surface area is 105 Å². The molecule has 2 heterocycles. The van der Waals surface area contributed by atoms with Crippen LogP contribution in [0.2, 0.25) is 5.28 Å². The summed E-state index contributed by atoms with van der Waals surface area (Å²) in [5.74, 6) is 0.840. The van der Waals surface area contributed by atoms with E-state index in [0.29, 0.717) is 12.1 Å². The molecule has 4 nitrogen and oxygen atoms in total. The molecular weight excluding hydrogens is 238 g/mol. The highest BCUT2D eigenvalue weighted by atomic mass is 35.5. The molecule has 17 heavy (non-hydrogen) atoms. The number of carbonyl (C=O) groups excluding carboxylic acids is 1. The van der Waals surface area contributed by atoms with Crippen LogP contribution in [0.1, 0.15) is 26.3 Å². The quantitative estimate of drug-likeness (QED) is 0.568. The van der Waals surface area contributed by atoms with Crippen LogP contribution in [0.5, 0.6) is 0 Å². The lowest BCUT2D eigenvalue weighted by Gasteiger charge is -2.34. The number of rotatable bonds is 1. The fourth-order valence-electron chi connectivity index (χ4n) is 2.05. The third kappa shape index (κ3) is 2.05. The molecule has 0 N–H and O–H groups in total. The summed E-state index contributed by atoms with van der Waals surface area (Å²) in [6.07, 6.45) is 3.79. The van der Waals surface area contributed by atoms with Crippen LogP contribution < -0.4 is 4.90 Å². The average molecular weight is 252 g/mol. The zero-order valence-corrected chi connectivity index (χ0v) is 10.8. The van der Waals surface area contributed by atoms with Crippen LogP contribution in [0, 0.1) is 0 Å². The summed E-state index contributed by atoms with van der Waals surface area (Å²) in [5, 5.41) is 0.208. The van der Waals surface area contributed by atoms with Crippen LogP contribution in [0.4, 0.5) is 5.82 Å². The summed E-state index contributed by atoms with van der Waals surface area (Å²) >= 11 is 5.82. The highest BCUT2D eigenvalue weighted by Gasteiger charge is 2.30. The smallest absolute Gasteiger partial charge is 0.224 e. The van der Waals surface area contributed by atoms with Crippen LogP contribution in [-0.2, 0) is 11.2 Å². The van der Waals surface area contributed by atoms with Gasteiger partial charge in [0.15, 0.2) is 5.78 Å². The van der Waals surface area contributed by atoms with Crippen molar-refractivity contribution in [2.45, 2.75) is 33.2 Å². The summed E-state index contributed by atoms with van der Waals surface area (Å²) in [4.78, 5) is 22.1. The molecule has 0 saturated carbocycles. The number of hydrogen-bond acceptors (Lipinski definition) is 4. The number of allylic oxidation sites excluding steroid dienone is 2. The molecule has 0 unspecified atom stereocenters. The lowest BCUT2D eigenvalue weighted by Crippen LogP contribution is -2.39. The molecule has 90 valence electrons. The fourth-order valence-corrected chi connectivity index (χ4v) is 2.17. The minimum Gasteiger partial charge on any atom is -0.321 e. The zero-order valence-electron chi connectivity index (χ0n) is 10.1. The molecule has 1 aliphatic heterocycles. The van der Waals surface area contributed by atoms with Crippen LogP contribution in [0.15, 0.2) is 18.0 Å². The molecule has 5 heteroatoms. The molecule has 1 aliphatic rings. The molecule has 0 spiro atoms. The van der Waals surface area contributed by atoms with Gasteiger partial charge in [-0.2, -0.15) is 4.98 Å². The number of aromatic nitrogens is 2. The number of halogens is 1. The van der Waals surface area contributed by atoms with Crippen molar-refractivity contribution in [1.29, 1.82) is 0 Å². The molecule has 0 aromatic carbocycles. The highest BCUT2D eigenvalue weighted by molar-refractivity contribution is 6.28. The third-order valence-electron chi connectivity index (χ3n) is 2.73. The Morgan fingerprint density at radius 3 is 2.82 bits per heavy atom. The van der Waals surface area contributed by atoms with E-state index in [1.54, 1.807) is 6.20 Å². The Bertz CT molecular complexity index is 497. The van der Waals surface area contributed by atoms with Crippen molar-refractivity contribution < 1.29 is 4.79 Å². The van der Waals surface area contributed by atoms with E-state index in [1.807, 2.05) is 31.7 Å². The van der Waals surface area contributed by atoms with Crippen molar-refractivity contribution in [3.8, 4) is 0 Å². The second-order valence-corrected chi connectivity index (χ2v) is 4.56. The fraction of sp³-hybridized carbons (Fsp3) is 0.417. The Kier molecular flexibility index (Phi) is 3.15. The van der Waals surface area contributed by atoms with E-state index < -0.39 is 0 Å². The monoisotopic (exact) mass is 251 g/mol. The van der Waals surface area contributed by atoms with Crippen molar-refractivity contribution in [3.63, 3.8) is 0 Å². The Morgan fingerprint density at radius 1 is 1.53 bits per heavy atom.